The second kappa shape index (κ2) is 11.2. The van der Waals surface area contributed by atoms with Crippen molar-refractivity contribution >= 4 is 11.6 Å². The van der Waals surface area contributed by atoms with E-state index < -0.39 is 0 Å². The lowest BCUT2D eigenvalue weighted by atomic mass is 9.97. The third-order valence-corrected chi connectivity index (χ3v) is 5.57. The molecular weight excluding hydrogens is 378 g/mol. The molecule has 1 aromatic carbocycles. The molecule has 0 aliphatic carbocycles. The molecule has 0 radical (unpaired) electrons. The Hall–Kier alpha value is -2.25. The summed E-state index contributed by atoms with van der Waals surface area (Å²) in [6, 6.07) is 8.39. The molecule has 1 aliphatic rings. The number of carbonyl (C=O) groups is 1. The molecule has 1 atom stereocenters. The number of aromatic nitrogens is 3. The summed E-state index contributed by atoms with van der Waals surface area (Å²) in [5, 5.41) is 14.7. The van der Waals surface area contributed by atoms with Crippen LogP contribution in [0.15, 0.2) is 24.3 Å². The van der Waals surface area contributed by atoms with Crippen LogP contribution in [-0.4, -0.2) is 54.2 Å². The molecule has 2 heterocycles. The average Bonchev–Trinajstić information content (AvgIpc) is 3.21. The maximum absolute atomic E-state index is 13.8. The number of benzene rings is 1. The molecule has 1 saturated heterocycles. The van der Waals surface area contributed by atoms with E-state index in [0.717, 1.165) is 56.6 Å². The Balaban J connectivity index is 1.91. The van der Waals surface area contributed by atoms with Gasteiger partial charge in [-0.25, -0.2) is 0 Å². The Morgan fingerprint density at radius 1 is 1.27 bits per heavy atom. The molecule has 0 spiro atoms. The quantitative estimate of drug-likeness (QED) is 0.584. The van der Waals surface area contributed by atoms with Crippen molar-refractivity contribution in [2.24, 2.45) is 5.92 Å². The van der Waals surface area contributed by atoms with Crippen molar-refractivity contribution in [3.8, 4) is 0 Å². The standard InChI is InChI=1S/C23H35N5O2/c1-17(2)15-18-9-4-5-12-21(18)28(19-10-8-13-24-16-19)23(29)22-20(25-27-26-22)11-6-7-14-30-3/h4-5,9,12,17,19,24H,6-8,10-11,13-16H2,1-3H3,(H,25,26,27)/t19-/m0/s1. The summed E-state index contributed by atoms with van der Waals surface area (Å²) in [5.74, 6) is 0.450. The largest absolute Gasteiger partial charge is 0.385 e. The predicted molar refractivity (Wildman–Crippen MR) is 119 cm³/mol. The third-order valence-electron chi connectivity index (χ3n) is 5.57. The molecule has 30 heavy (non-hydrogen) atoms. The predicted octanol–water partition coefficient (Wildman–Crippen LogP) is 3.37. The molecular formula is C23H35N5O2. The average molecular weight is 414 g/mol. The van der Waals surface area contributed by atoms with Crippen LogP contribution < -0.4 is 10.2 Å². The van der Waals surface area contributed by atoms with Gasteiger partial charge >= 0.3 is 0 Å². The number of rotatable bonds is 10. The number of piperidine rings is 1. The van der Waals surface area contributed by atoms with Crippen molar-refractivity contribution in [2.75, 3.05) is 31.7 Å². The molecule has 1 aliphatic heterocycles. The van der Waals surface area contributed by atoms with Gasteiger partial charge in [-0.3, -0.25) is 4.79 Å². The number of nitrogens with zero attached hydrogens (tertiary/aromatic N) is 3. The van der Waals surface area contributed by atoms with Crippen molar-refractivity contribution in [3.63, 3.8) is 0 Å². The van der Waals surface area contributed by atoms with Gasteiger partial charge < -0.3 is 15.0 Å². The number of carbonyl (C=O) groups excluding carboxylic acids is 1. The van der Waals surface area contributed by atoms with Gasteiger partial charge in [0.25, 0.3) is 5.91 Å². The maximum atomic E-state index is 13.8. The number of unbranched alkanes of at least 4 members (excludes halogenated alkanes) is 1. The fraction of sp³-hybridized carbons (Fsp3) is 0.609. The number of hydrogen-bond donors (Lipinski definition) is 2. The maximum Gasteiger partial charge on any atom is 0.281 e. The van der Waals surface area contributed by atoms with Gasteiger partial charge in [-0.1, -0.05) is 32.0 Å². The first-order valence-corrected chi connectivity index (χ1v) is 11.1. The zero-order valence-corrected chi connectivity index (χ0v) is 18.5. The number of methoxy groups -OCH3 is 1. The topological polar surface area (TPSA) is 83.1 Å². The summed E-state index contributed by atoms with van der Waals surface area (Å²) >= 11 is 0. The minimum absolute atomic E-state index is 0.0598. The fourth-order valence-corrected chi connectivity index (χ4v) is 4.14. The Morgan fingerprint density at radius 3 is 2.83 bits per heavy atom. The van der Waals surface area contributed by atoms with E-state index in [4.69, 9.17) is 4.74 Å². The lowest BCUT2D eigenvalue weighted by Gasteiger charge is -2.35. The number of amides is 1. The lowest BCUT2D eigenvalue weighted by molar-refractivity contribution is 0.0966. The molecule has 3 rings (SSSR count). The zero-order valence-electron chi connectivity index (χ0n) is 18.5. The summed E-state index contributed by atoms with van der Waals surface area (Å²) in [5.41, 5.74) is 3.39. The molecule has 0 saturated carbocycles. The number of ether oxygens (including phenoxy) is 1. The van der Waals surface area contributed by atoms with Crippen molar-refractivity contribution in [2.45, 2.75) is 58.4 Å². The number of aryl methyl sites for hydroxylation is 1. The normalized spacial score (nSPS) is 16.7. The Kier molecular flexibility index (Phi) is 8.39. The molecule has 1 fully saturated rings. The summed E-state index contributed by atoms with van der Waals surface area (Å²) in [7, 11) is 1.70. The fourth-order valence-electron chi connectivity index (χ4n) is 4.14. The van der Waals surface area contributed by atoms with Gasteiger partial charge in [-0.15, -0.1) is 0 Å². The molecule has 7 heteroatoms. The van der Waals surface area contributed by atoms with Crippen LogP contribution in [-0.2, 0) is 17.6 Å². The SMILES string of the molecule is COCCCCc1n[nH]nc1C(=O)N(c1ccccc1CC(C)C)[C@H]1CCCNC1. The number of H-pyrrole nitrogens is 1. The second-order valence-corrected chi connectivity index (χ2v) is 8.47. The van der Waals surface area contributed by atoms with Crippen molar-refractivity contribution in [1.29, 1.82) is 0 Å². The van der Waals surface area contributed by atoms with Crippen LogP contribution in [0, 0.1) is 5.92 Å². The zero-order chi connectivity index (χ0) is 21.3. The first kappa shape index (κ1) is 22.4. The van der Waals surface area contributed by atoms with E-state index in [0.29, 0.717) is 24.6 Å². The lowest BCUT2D eigenvalue weighted by Crippen LogP contribution is -2.49. The Labute approximate surface area is 179 Å². The first-order valence-electron chi connectivity index (χ1n) is 11.1. The Morgan fingerprint density at radius 2 is 2.10 bits per heavy atom. The summed E-state index contributed by atoms with van der Waals surface area (Å²) in [4.78, 5) is 15.8. The van der Waals surface area contributed by atoms with Crippen molar-refractivity contribution in [3.05, 3.63) is 41.2 Å². The molecule has 1 aromatic heterocycles. The number of para-hydroxylation sites is 1. The Bertz CT molecular complexity index is 798. The van der Waals surface area contributed by atoms with Gasteiger partial charge in [0.15, 0.2) is 5.69 Å². The van der Waals surface area contributed by atoms with Crippen LogP contribution in [0.1, 0.15) is 61.3 Å². The summed E-state index contributed by atoms with van der Waals surface area (Å²) < 4.78 is 5.13. The monoisotopic (exact) mass is 413 g/mol. The molecule has 7 nitrogen and oxygen atoms in total. The number of hydrogen-bond acceptors (Lipinski definition) is 5. The van der Waals surface area contributed by atoms with Gasteiger partial charge in [0.05, 0.1) is 5.69 Å². The molecule has 2 N–H and O–H groups in total. The highest BCUT2D eigenvalue weighted by atomic mass is 16.5. The highest BCUT2D eigenvalue weighted by Crippen LogP contribution is 2.29. The van der Waals surface area contributed by atoms with Crippen LogP contribution >= 0.6 is 0 Å². The summed E-state index contributed by atoms with van der Waals surface area (Å²) in [6.45, 7) is 6.93. The molecule has 0 bridgehead atoms. The van der Waals surface area contributed by atoms with Crippen LogP contribution in [0.3, 0.4) is 0 Å². The highest BCUT2D eigenvalue weighted by Gasteiger charge is 2.32. The number of anilines is 1. The van der Waals surface area contributed by atoms with Crippen LogP contribution in [0.2, 0.25) is 0 Å². The van der Waals surface area contributed by atoms with E-state index in [1.807, 2.05) is 11.0 Å². The van der Waals surface area contributed by atoms with Gasteiger partial charge in [0.1, 0.15) is 0 Å². The molecule has 0 unspecified atom stereocenters. The van der Waals surface area contributed by atoms with E-state index in [2.05, 4.69) is 52.8 Å². The second-order valence-electron chi connectivity index (χ2n) is 8.47. The van der Waals surface area contributed by atoms with Gasteiger partial charge in [-0.05, 0) is 62.6 Å². The minimum atomic E-state index is -0.0598. The van der Waals surface area contributed by atoms with E-state index >= 15 is 0 Å². The van der Waals surface area contributed by atoms with Gasteiger partial charge in [-0.2, -0.15) is 15.4 Å². The summed E-state index contributed by atoms with van der Waals surface area (Å²) in [6.07, 6.45) is 5.54. The van der Waals surface area contributed by atoms with E-state index in [1.54, 1.807) is 7.11 Å². The van der Waals surface area contributed by atoms with Crippen LogP contribution in [0.25, 0.3) is 0 Å². The highest BCUT2D eigenvalue weighted by molar-refractivity contribution is 6.06. The van der Waals surface area contributed by atoms with Crippen molar-refractivity contribution < 1.29 is 9.53 Å². The molecule has 164 valence electrons. The van der Waals surface area contributed by atoms with E-state index in [9.17, 15) is 4.79 Å². The van der Waals surface area contributed by atoms with E-state index in [-0.39, 0.29) is 11.9 Å². The number of nitrogens with one attached hydrogen (secondary N) is 2. The molecule has 1 amide bonds. The van der Waals surface area contributed by atoms with E-state index in [1.165, 1.54) is 5.56 Å². The smallest absolute Gasteiger partial charge is 0.281 e. The third kappa shape index (κ3) is 5.67. The van der Waals surface area contributed by atoms with Crippen LogP contribution in [0.4, 0.5) is 5.69 Å². The minimum Gasteiger partial charge on any atom is -0.385 e. The van der Waals surface area contributed by atoms with Crippen molar-refractivity contribution in [1.82, 2.24) is 20.7 Å². The van der Waals surface area contributed by atoms with Gasteiger partial charge in [0.2, 0.25) is 0 Å². The first-order chi connectivity index (χ1) is 14.6. The van der Waals surface area contributed by atoms with Crippen LogP contribution in [0.5, 0.6) is 0 Å². The molecule has 2 aromatic rings. The number of aromatic amines is 1. The van der Waals surface area contributed by atoms with Gasteiger partial charge in [0, 0.05) is 32.0 Å².